The molecule has 5 nitrogen and oxygen atoms in total. The largest absolute Gasteiger partial charge is 0.342 e. The molecule has 26 heavy (non-hydrogen) atoms. The van der Waals surface area contributed by atoms with Crippen molar-refractivity contribution in [1.29, 1.82) is 0 Å². The quantitative estimate of drug-likeness (QED) is 0.695. The molecule has 3 heterocycles. The number of carbonyl (C=O) groups is 1. The van der Waals surface area contributed by atoms with Gasteiger partial charge >= 0.3 is 0 Å². The van der Waals surface area contributed by atoms with Gasteiger partial charge in [0.05, 0.1) is 5.75 Å². The first-order valence-electron chi connectivity index (χ1n) is 9.68. The van der Waals surface area contributed by atoms with Crippen molar-refractivity contribution in [1.82, 2.24) is 19.7 Å². The summed E-state index contributed by atoms with van der Waals surface area (Å²) in [5.41, 5.74) is 0. The summed E-state index contributed by atoms with van der Waals surface area (Å²) in [6.45, 7) is 1.83. The molecule has 2 aliphatic rings. The Morgan fingerprint density at radius 3 is 2.69 bits per heavy atom. The fourth-order valence-electron chi connectivity index (χ4n) is 3.99. The Morgan fingerprint density at radius 2 is 1.96 bits per heavy atom. The summed E-state index contributed by atoms with van der Waals surface area (Å²) in [6.07, 6.45) is 9.39. The summed E-state index contributed by atoms with van der Waals surface area (Å²) in [5, 5.41) is 12.0. The van der Waals surface area contributed by atoms with Gasteiger partial charge in [0, 0.05) is 30.4 Å². The van der Waals surface area contributed by atoms with Gasteiger partial charge in [-0.05, 0) is 37.1 Å². The molecule has 0 radical (unpaired) electrons. The highest BCUT2D eigenvalue weighted by Crippen LogP contribution is 2.33. The van der Waals surface area contributed by atoms with E-state index in [1.54, 1.807) is 23.1 Å². The first-order chi connectivity index (χ1) is 12.8. The molecule has 1 saturated carbocycles. The molecular weight excluding hydrogens is 364 g/mol. The third kappa shape index (κ3) is 4.14. The SMILES string of the molecule is O=C(CSc1nnc(Cc2cccs2)n1C1CCCCC1)N1CCCC1. The third-order valence-electron chi connectivity index (χ3n) is 5.37. The standard InChI is InChI=1S/C19H26N4OS2/c24-18(22-10-4-5-11-22)14-26-19-21-20-17(13-16-9-6-12-25-16)23(19)15-7-2-1-3-8-15/h6,9,12,15H,1-5,7-8,10-11,13-14H2. The van der Waals surface area contributed by atoms with Gasteiger partial charge in [-0.3, -0.25) is 4.79 Å². The molecule has 1 amide bonds. The number of hydrogen-bond acceptors (Lipinski definition) is 5. The lowest BCUT2D eigenvalue weighted by molar-refractivity contribution is -0.127. The molecule has 2 fully saturated rings. The lowest BCUT2D eigenvalue weighted by Crippen LogP contribution is -2.29. The van der Waals surface area contributed by atoms with Gasteiger partial charge in [-0.25, -0.2) is 0 Å². The van der Waals surface area contributed by atoms with Crippen molar-refractivity contribution < 1.29 is 4.79 Å². The van der Waals surface area contributed by atoms with E-state index in [2.05, 4.69) is 32.3 Å². The molecule has 0 aromatic carbocycles. The van der Waals surface area contributed by atoms with Gasteiger partial charge in [0.1, 0.15) is 5.82 Å². The first-order valence-corrected chi connectivity index (χ1v) is 11.5. The Bertz CT molecular complexity index is 716. The number of nitrogens with zero attached hydrogens (tertiary/aromatic N) is 4. The molecule has 0 bridgehead atoms. The molecule has 4 rings (SSSR count). The predicted molar refractivity (Wildman–Crippen MR) is 106 cm³/mol. The predicted octanol–water partition coefficient (Wildman–Crippen LogP) is 4.15. The van der Waals surface area contributed by atoms with Crippen LogP contribution in [0, 0.1) is 0 Å². The van der Waals surface area contributed by atoms with Gasteiger partial charge in [0.25, 0.3) is 0 Å². The van der Waals surface area contributed by atoms with Crippen LogP contribution in [0.25, 0.3) is 0 Å². The lowest BCUT2D eigenvalue weighted by atomic mass is 9.95. The Labute approximate surface area is 163 Å². The van der Waals surface area contributed by atoms with Crippen LogP contribution in [0.5, 0.6) is 0 Å². The molecule has 0 spiro atoms. The summed E-state index contributed by atoms with van der Waals surface area (Å²) >= 11 is 3.34. The van der Waals surface area contributed by atoms with Crippen LogP contribution in [-0.4, -0.2) is 44.4 Å². The number of rotatable bonds is 6. The van der Waals surface area contributed by atoms with Crippen molar-refractivity contribution in [3.8, 4) is 0 Å². The van der Waals surface area contributed by atoms with Crippen LogP contribution >= 0.6 is 23.1 Å². The van der Waals surface area contributed by atoms with Crippen LogP contribution in [0.4, 0.5) is 0 Å². The van der Waals surface area contributed by atoms with E-state index in [0.29, 0.717) is 11.8 Å². The number of likely N-dealkylation sites (tertiary alicyclic amines) is 1. The summed E-state index contributed by atoms with van der Waals surface area (Å²) in [5.74, 6) is 1.77. The van der Waals surface area contributed by atoms with Crippen LogP contribution in [0.3, 0.4) is 0 Å². The summed E-state index contributed by atoms with van der Waals surface area (Å²) in [7, 11) is 0. The van der Waals surface area contributed by atoms with Crippen LogP contribution in [0.1, 0.15) is 61.7 Å². The highest BCUT2D eigenvalue weighted by Gasteiger charge is 2.25. The fraction of sp³-hybridized carbons (Fsp3) is 0.632. The van der Waals surface area contributed by atoms with E-state index >= 15 is 0 Å². The molecular formula is C19H26N4OS2. The van der Waals surface area contributed by atoms with Gasteiger partial charge in [0.2, 0.25) is 5.91 Å². The maximum atomic E-state index is 12.4. The molecule has 1 aliphatic carbocycles. The zero-order valence-corrected chi connectivity index (χ0v) is 16.7. The van der Waals surface area contributed by atoms with Crippen LogP contribution in [0.2, 0.25) is 0 Å². The summed E-state index contributed by atoms with van der Waals surface area (Å²) in [4.78, 5) is 15.7. The smallest absolute Gasteiger partial charge is 0.233 e. The van der Waals surface area contributed by atoms with Gasteiger partial charge in [-0.2, -0.15) is 0 Å². The van der Waals surface area contributed by atoms with E-state index in [1.807, 2.05) is 4.90 Å². The number of carbonyl (C=O) groups excluding carboxylic acids is 1. The van der Waals surface area contributed by atoms with Gasteiger partial charge < -0.3 is 9.47 Å². The minimum atomic E-state index is 0.241. The average molecular weight is 391 g/mol. The van der Waals surface area contributed by atoms with Crippen molar-refractivity contribution in [2.24, 2.45) is 0 Å². The monoisotopic (exact) mass is 390 g/mol. The fourth-order valence-corrected chi connectivity index (χ4v) is 5.61. The zero-order chi connectivity index (χ0) is 17.8. The zero-order valence-electron chi connectivity index (χ0n) is 15.1. The van der Waals surface area contributed by atoms with Crippen molar-refractivity contribution >= 4 is 29.0 Å². The number of aromatic nitrogens is 3. The van der Waals surface area contributed by atoms with E-state index in [0.717, 1.165) is 43.3 Å². The molecule has 140 valence electrons. The molecule has 2 aromatic heterocycles. The second-order valence-corrected chi connectivity index (χ2v) is 9.17. The molecule has 0 atom stereocenters. The second-order valence-electron chi connectivity index (χ2n) is 7.19. The maximum absolute atomic E-state index is 12.4. The van der Waals surface area contributed by atoms with E-state index in [-0.39, 0.29) is 5.91 Å². The molecule has 1 saturated heterocycles. The summed E-state index contributed by atoms with van der Waals surface area (Å²) < 4.78 is 2.35. The maximum Gasteiger partial charge on any atom is 0.233 e. The Balaban J connectivity index is 1.50. The molecule has 0 N–H and O–H groups in total. The molecule has 1 aliphatic heterocycles. The minimum Gasteiger partial charge on any atom is -0.342 e. The number of thioether (sulfide) groups is 1. The van der Waals surface area contributed by atoms with E-state index < -0.39 is 0 Å². The van der Waals surface area contributed by atoms with Crippen LogP contribution in [0.15, 0.2) is 22.7 Å². The van der Waals surface area contributed by atoms with Gasteiger partial charge in [-0.15, -0.1) is 21.5 Å². The Hall–Kier alpha value is -1.34. The Kier molecular flexibility index (Phi) is 5.94. The highest BCUT2D eigenvalue weighted by molar-refractivity contribution is 7.99. The number of hydrogen-bond donors (Lipinski definition) is 0. The Morgan fingerprint density at radius 1 is 1.15 bits per heavy atom. The van der Waals surface area contributed by atoms with E-state index in [4.69, 9.17) is 0 Å². The average Bonchev–Trinajstić information content (AvgIpc) is 3.43. The van der Waals surface area contributed by atoms with Gasteiger partial charge in [-0.1, -0.05) is 37.1 Å². The van der Waals surface area contributed by atoms with Crippen molar-refractivity contribution in [2.45, 2.75) is 62.6 Å². The third-order valence-corrected chi connectivity index (χ3v) is 7.18. The topological polar surface area (TPSA) is 51.0 Å². The first kappa shape index (κ1) is 18.0. The summed E-state index contributed by atoms with van der Waals surface area (Å²) in [6, 6.07) is 4.73. The highest BCUT2D eigenvalue weighted by atomic mass is 32.2. The van der Waals surface area contributed by atoms with Crippen molar-refractivity contribution in [2.75, 3.05) is 18.8 Å². The van der Waals surface area contributed by atoms with E-state index in [9.17, 15) is 4.79 Å². The number of amides is 1. The van der Waals surface area contributed by atoms with Crippen molar-refractivity contribution in [3.63, 3.8) is 0 Å². The van der Waals surface area contributed by atoms with Crippen LogP contribution in [-0.2, 0) is 11.2 Å². The second kappa shape index (κ2) is 8.57. The van der Waals surface area contributed by atoms with Crippen LogP contribution < -0.4 is 0 Å². The lowest BCUT2D eigenvalue weighted by Gasteiger charge is -2.25. The molecule has 2 aromatic rings. The minimum absolute atomic E-state index is 0.241. The normalized spacial score (nSPS) is 18.5. The van der Waals surface area contributed by atoms with Gasteiger partial charge in [0.15, 0.2) is 5.16 Å². The van der Waals surface area contributed by atoms with E-state index in [1.165, 1.54) is 37.0 Å². The van der Waals surface area contributed by atoms with Crippen molar-refractivity contribution in [3.05, 3.63) is 28.2 Å². The molecule has 0 unspecified atom stereocenters. The molecule has 7 heteroatoms. The number of thiophene rings is 1.